The van der Waals surface area contributed by atoms with Crippen molar-refractivity contribution in [3.63, 3.8) is 0 Å². The highest BCUT2D eigenvalue weighted by Crippen LogP contribution is 2.22. The number of rotatable bonds is 9. The topological polar surface area (TPSA) is 12.5 Å². The van der Waals surface area contributed by atoms with E-state index in [0.717, 1.165) is 36.1 Å². The fourth-order valence-electron chi connectivity index (χ4n) is 3.18. The zero-order chi connectivity index (χ0) is 16.5. The molecule has 2 nitrogen and oxygen atoms in total. The molecule has 0 N–H and O–H groups in total. The zero-order valence-corrected chi connectivity index (χ0v) is 15.6. The van der Waals surface area contributed by atoms with Gasteiger partial charge >= 0.3 is 0 Å². The van der Waals surface area contributed by atoms with Crippen molar-refractivity contribution >= 4 is 11.6 Å². The second kappa shape index (κ2) is 10.2. The molecule has 1 aromatic carbocycles. The molecule has 1 aromatic rings. The lowest BCUT2D eigenvalue weighted by Crippen LogP contribution is -2.33. The van der Waals surface area contributed by atoms with Crippen molar-refractivity contribution in [1.82, 2.24) is 4.90 Å². The van der Waals surface area contributed by atoms with E-state index in [-0.39, 0.29) is 0 Å². The number of piperidine rings is 1. The summed E-state index contributed by atoms with van der Waals surface area (Å²) in [5.74, 6) is 1.89. The van der Waals surface area contributed by atoms with Crippen molar-refractivity contribution in [3.8, 4) is 5.75 Å². The summed E-state index contributed by atoms with van der Waals surface area (Å²) in [5, 5.41) is 0.840. The van der Waals surface area contributed by atoms with Gasteiger partial charge in [-0.3, -0.25) is 0 Å². The van der Waals surface area contributed by atoms with Gasteiger partial charge in [-0.15, -0.1) is 0 Å². The van der Waals surface area contributed by atoms with Crippen LogP contribution in [0.2, 0.25) is 5.02 Å². The van der Waals surface area contributed by atoms with Gasteiger partial charge < -0.3 is 9.64 Å². The minimum atomic E-state index is 0.812. The number of aryl methyl sites for hydroxylation is 1. The van der Waals surface area contributed by atoms with Crippen LogP contribution >= 0.6 is 11.6 Å². The van der Waals surface area contributed by atoms with Gasteiger partial charge in [-0.2, -0.15) is 0 Å². The van der Waals surface area contributed by atoms with E-state index in [2.05, 4.69) is 24.8 Å². The van der Waals surface area contributed by atoms with Gasteiger partial charge in [0.2, 0.25) is 0 Å². The first-order valence-electron chi connectivity index (χ1n) is 9.32. The van der Waals surface area contributed by atoms with Gasteiger partial charge in [0.05, 0.1) is 6.61 Å². The highest BCUT2D eigenvalue weighted by Gasteiger charge is 2.14. The molecule has 0 amide bonds. The number of ether oxygens (including phenoxy) is 1. The fraction of sp³-hybridized carbons (Fsp3) is 0.700. The molecular formula is C20H32ClNO. The van der Waals surface area contributed by atoms with Crippen LogP contribution < -0.4 is 4.74 Å². The molecule has 23 heavy (non-hydrogen) atoms. The lowest BCUT2D eigenvalue weighted by molar-refractivity contribution is 0.188. The number of hydrogen-bond donors (Lipinski definition) is 0. The zero-order valence-electron chi connectivity index (χ0n) is 14.8. The van der Waals surface area contributed by atoms with Gasteiger partial charge in [0.25, 0.3) is 0 Å². The number of unbranched alkanes of at least 4 members (excludes halogenated alkanes) is 3. The Labute approximate surface area is 147 Å². The third-order valence-corrected chi connectivity index (χ3v) is 5.28. The molecule has 1 aliphatic heterocycles. The average Bonchev–Trinajstić information content (AvgIpc) is 2.57. The maximum absolute atomic E-state index is 6.13. The van der Waals surface area contributed by atoms with Crippen LogP contribution in [0.4, 0.5) is 0 Å². The van der Waals surface area contributed by atoms with E-state index in [0.29, 0.717) is 0 Å². The normalized spacial score (nSPS) is 16.7. The SMILES string of the molecule is CCc1cc(OCCCCCCN2CCC(C)CC2)ccc1Cl. The van der Waals surface area contributed by atoms with Crippen molar-refractivity contribution < 1.29 is 4.74 Å². The molecule has 0 aromatic heterocycles. The Hall–Kier alpha value is -0.730. The minimum Gasteiger partial charge on any atom is -0.494 e. The van der Waals surface area contributed by atoms with Gasteiger partial charge in [-0.05, 0) is 81.4 Å². The Morgan fingerprint density at radius 3 is 2.61 bits per heavy atom. The molecule has 3 heteroatoms. The molecule has 0 radical (unpaired) electrons. The first-order chi connectivity index (χ1) is 11.2. The molecular weight excluding hydrogens is 306 g/mol. The van der Waals surface area contributed by atoms with Crippen molar-refractivity contribution in [2.75, 3.05) is 26.2 Å². The van der Waals surface area contributed by atoms with Gasteiger partial charge in [-0.25, -0.2) is 0 Å². The summed E-state index contributed by atoms with van der Waals surface area (Å²) in [6.07, 6.45) is 8.76. The molecule has 1 heterocycles. The smallest absolute Gasteiger partial charge is 0.119 e. The number of nitrogens with zero attached hydrogens (tertiary/aromatic N) is 1. The van der Waals surface area contributed by atoms with E-state index in [1.165, 1.54) is 57.3 Å². The summed E-state index contributed by atoms with van der Waals surface area (Å²) in [6.45, 7) is 9.20. The number of benzene rings is 1. The lowest BCUT2D eigenvalue weighted by Gasteiger charge is -2.30. The van der Waals surface area contributed by atoms with Crippen LogP contribution in [0.15, 0.2) is 18.2 Å². The first kappa shape index (κ1) is 18.6. The molecule has 0 spiro atoms. The molecule has 130 valence electrons. The summed E-state index contributed by atoms with van der Waals surface area (Å²) in [4.78, 5) is 2.64. The predicted octanol–water partition coefficient (Wildman–Crippen LogP) is 5.57. The van der Waals surface area contributed by atoms with Crippen molar-refractivity contribution in [3.05, 3.63) is 28.8 Å². The second-order valence-corrected chi connectivity index (χ2v) is 7.30. The summed E-state index contributed by atoms with van der Waals surface area (Å²) in [7, 11) is 0. The third kappa shape index (κ3) is 6.73. The van der Waals surface area contributed by atoms with Crippen molar-refractivity contribution in [2.45, 2.75) is 58.8 Å². The fourth-order valence-corrected chi connectivity index (χ4v) is 3.43. The van der Waals surface area contributed by atoms with E-state index in [4.69, 9.17) is 16.3 Å². The van der Waals surface area contributed by atoms with Gasteiger partial charge in [-0.1, -0.05) is 38.3 Å². The monoisotopic (exact) mass is 337 g/mol. The van der Waals surface area contributed by atoms with Crippen LogP contribution in [0, 0.1) is 5.92 Å². The third-order valence-electron chi connectivity index (χ3n) is 4.91. The summed E-state index contributed by atoms with van der Waals surface area (Å²) in [5.41, 5.74) is 1.17. The first-order valence-corrected chi connectivity index (χ1v) is 9.70. The van der Waals surface area contributed by atoms with Crippen LogP contribution in [0.3, 0.4) is 0 Å². The van der Waals surface area contributed by atoms with Crippen LogP contribution in [-0.4, -0.2) is 31.1 Å². The van der Waals surface area contributed by atoms with Gasteiger partial charge in [0, 0.05) is 5.02 Å². The summed E-state index contributed by atoms with van der Waals surface area (Å²) < 4.78 is 5.84. The largest absolute Gasteiger partial charge is 0.494 e. The van der Waals surface area contributed by atoms with Crippen LogP contribution in [0.5, 0.6) is 5.75 Å². The number of halogens is 1. The molecule has 0 aliphatic carbocycles. The Bertz CT molecular complexity index is 455. The molecule has 0 atom stereocenters. The molecule has 1 fully saturated rings. The van der Waals surface area contributed by atoms with Gasteiger partial charge in [0.15, 0.2) is 0 Å². The Kier molecular flexibility index (Phi) is 8.25. The Morgan fingerprint density at radius 2 is 1.87 bits per heavy atom. The average molecular weight is 338 g/mol. The van der Waals surface area contributed by atoms with Crippen molar-refractivity contribution in [2.24, 2.45) is 5.92 Å². The minimum absolute atomic E-state index is 0.812. The van der Waals surface area contributed by atoms with Crippen LogP contribution in [0.1, 0.15) is 57.9 Å². The maximum atomic E-state index is 6.13. The highest BCUT2D eigenvalue weighted by molar-refractivity contribution is 6.31. The standard InChI is InChI=1S/C20H32ClNO/c1-3-18-16-19(8-9-20(18)21)23-15-7-5-4-6-12-22-13-10-17(2)11-14-22/h8-9,16-17H,3-7,10-15H2,1-2H3. The van der Waals surface area contributed by atoms with Crippen molar-refractivity contribution in [1.29, 1.82) is 0 Å². The molecule has 0 saturated carbocycles. The van der Waals surface area contributed by atoms with Gasteiger partial charge in [0.1, 0.15) is 5.75 Å². The van der Waals surface area contributed by atoms with E-state index < -0.39 is 0 Å². The summed E-state index contributed by atoms with van der Waals surface area (Å²) in [6, 6.07) is 5.98. The quantitative estimate of drug-likeness (QED) is 0.546. The molecule has 1 saturated heterocycles. The molecule has 2 rings (SSSR count). The van der Waals surface area contributed by atoms with E-state index >= 15 is 0 Å². The van der Waals surface area contributed by atoms with E-state index in [9.17, 15) is 0 Å². The summed E-state index contributed by atoms with van der Waals surface area (Å²) >= 11 is 6.13. The van der Waals surface area contributed by atoms with Crippen LogP contribution in [-0.2, 0) is 6.42 Å². The number of likely N-dealkylation sites (tertiary alicyclic amines) is 1. The highest BCUT2D eigenvalue weighted by atomic mass is 35.5. The second-order valence-electron chi connectivity index (χ2n) is 6.89. The maximum Gasteiger partial charge on any atom is 0.119 e. The van der Waals surface area contributed by atoms with Crippen LogP contribution in [0.25, 0.3) is 0 Å². The van der Waals surface area contributed by atoms with E-state index in [1.54, 1.807) is 0 Å². The molecule has 0 unspecified atom stereocenters. The molecule has 1 aliphatic rings. The molecule has 0 bridgehead atoms. The number of hydrogen-bond acceptors (Lipinski definition) is 2. The Balaban J connectivity index is 1.51. The Morgan fingerprint density at radius 1 is 1.13 bits per heavy atom. The predicted molar refractivity (Wildman–Crippen MR) is 99.6 cm³/mol. The van der Waals surface area contributed by atoms with E-state index in [1.807, 2.05) is 12.1 Å². The lowest BCUT2D eigenvalue weighted by atomic mass is 9.99.